The van der Waals surface area contributed by atoms with Crippen LogP contribution in [0.2, 0.25) is 12.6 Å². The Hall–Kier alpha value is -0.913. The number of nitrogens with two attached hydrogens (primary N) is 2. The first-order valence-electron chi connectivity index (χ1n) is 6.62. The molecule has 0 aromatic carbocycles. The molecule has 170 valence electrons. The maximum Gasteiger partial charge on any atom is 0.460 e. The molecule has 0 unspecified atom stereocenters. The van der Waals surface area contributed by atoms with Gasteiger partial charge >= 0.3 is 41.7 Å². The van der Waals surface area contributed by atoms with Gasteiger partial charge in [-0.3, -0.25) is 0 Å². The molecule has 0 spiro atoms. The van der Waals surface area contributed by atoms with Gasteiger partial charge in [-0.1, -0.05) is 0 Å². The van der Waals surface area contributed by atoms with E-state index in [9.17, 15) is 65.9 Å². The van der Waals surface area contributed by atoms with Gasteiger partial charge in [0.2, 0.25) is 0 Å². The lowest BCUT2D eigenvalue weighted by Crippen LogP contribution is -2.72. The number of rotatable bonds is 8. The van der Waals surface area contributed by atoms with Gasteiger partial charge in [-0.25, -0.2) is 0 Å². The Bertz CT molecular complexity index is 562. The van der Waals surface area contributed by atoms with Crippen LogP contribution in [0.1, 0.15) is 6.42 Å². The summed E-state index contributed by atoms with van der Waals surface area (Å²) in [5.41, 5.74) is 0. The monoisotopic (exact) mass is 472 g/mol. The molecule has 0 amide bonds. The molecule has 0 fully saturated rings. The first-order valence-corrected chi connectivity index (χ1v) is 9.48. The van der Waals surface area contributed by atoms with Gasteiger partial charge < -0.3 is 10.8 Å². The van der Waals surface area contributed by atoms with E-state index < -0.39 is 62.6 Å². The minimum Gasteiger partial charge on any atom is -0.339 e. The fourth-order valence-corrected chi connectivity index (χ4v) is 2.44. The van der Waals surface area contributed by atoms with Gasteiger partial charge in [-0.05, 0) is 12.6 Å². The lowest BCUT2D eigenvalue weighted by Gasteiger charge is -2.41. The molecule has 0 atom stereocenters. The highest BCUT2D eigenvalue weighted by Gasteiger charge is 2.93. The second-order valence-electron chi connectivity index (χ2n) is 6.08. The van der Waals surface area contributed by atoms with E-state index >= 15 is 0 Å². The summed E-state index contributed by atoms with van der Waals surface area (Å²) in [7, 11) is -3.70. The first-order chi connectivity index (χ1) is 11.7. The molecule has 0 heterocycles. The highest BCUT2D eigenvalue weighted by atomic mass is 28.3. The average molecular weight is 472 g/mol. The highest BCUT2D eigenvalue weighted by molar-refractivity contribution is 6.72. The molecule has 0 rings (SSSR count). The zero-order valence-electron chi connectivity index (χ0n) is 13.2. The van der Waals surface area contributed by atoms with E-state index in [0.717, 1.165) is 6.55 Å². The van der Waals surface area contributed by atoms with Gasteiger partial charge in [0.15, 0.2) is 8.40 Å². The van der Waals surface area contributed by atoms with Crippen LogP contribution >= 0.6 is 0 Å². The molecular formula is C10H11F15N2Si. The van der Waals surface area contributed by atoms with Crippen molar-refractivity contribution in [3.05, 3.63) is 0 Å². The maximum absolute atomic E-state index is 13.4. The van der Waals surface area contributed by atoms with Crippen LogP contribution in [0.5, 0.6) is 0 Å². The molecule has 0 radical (unpaired) electrons. The third kappa shape index (κ3) is 4.03. The van der Waals surface area contributed by atoms with E-state index in [0.29, 0.717) is 0 Å². The Morgan fingerprint density at radius 3 is 1.11 bits per heavy atom. The molecule has 2 nitrogen and oxygen atoms in total. The van der Waals surface area contributed by atoms with Crippen molar-refractivity contribution in [3.63, 3.8) is 0 Å². The van der Waals surface area contributed by atoms with Crippen molar-refractivity contribution < 1.29 is 65.9 Å². The van der Waals surface area contributed by atoms with Crippen molar-refractivity contribution in [1.82, 2.24) is 0 Å². The van der Waals surface area contributed by atoms with Gasteiger partial charge in [0.25, 0.3) is 0 Å². The van der Waals surface area contributed by atoms with Crippen LogP contribution in [-0.2, 0) is 0 Å². The van der Waals surface area contributed by atoms with Crippen molar-refractivity contribution in [2.24, 2.45) is 10.8 Å². The van der Waals surface area contributed by atoms with Gasteiger partial charge in [-0.2, -0.15) is 65.9 Å². The minimum atomic E-state index is -8.27. The summed E-state index contributed by atoms with van der Waals surface area (Å²) in [6.07, 6.45) is -10.1. The quantitative estimate of drug-likeness (QED) is 0.396. The Kier molecular flexibility index (Phi) is 6.59. The highest BCUT2D eigenvalue weighted by Crippen LogP contribution is 2.62. The van der Waals surface area contributed by atoms with Gasteiger partial charge in [0, 0.05) is 6.42 Å². The molecule has 4 N–H and O–H groups in total. The average Bonchev–Trinajstić information content (AvgIpc) is 2.42. The molecule has 28 heavy (non-hydrogen) atoms. The second-order valence-corrected chi connectivity index (χ2v) is 9.59. The zero-order chi connectivity index (χ0) is 23.4. The van der Waals surface area contributed by atoms with Crippen molar-refractivity contribution >= 4 is 8.40 Å². The van der Waals surface area contributed by atoms with Crippen LogP contribution in [0, 0.1) is 0 Å². The second kappa shape index (κ2) is 6.81. The summed E-state index contributed by atoms with van der Waals surface area (Å²) in [4.78, 5) is 0. The summed E-state index contributed by atoms with van der Waals surface area (Å²) < 4.78 is 193. The van der Waals surface area contributed by atoms with E-state index in [1.54, 1.807) is 0 Å². The maximum atomic E-state index is 13.4. The normalized spacial score (nSPS) is 16.5. The van der Waals surface area contributed by atoms with Gasteiger partial charge in [0.05, 0.1) is 0 Å². The Balaban J connectivity index is 6.32. The Labute approximate surface area is 147 Å². The molecule has 0 aromatic heterocycles. The predicted molar refractivity (Wildman–Crippen MR) is 65.2 cm³/mol. The fraction of sp³-hybridized carbons (Fsp3) is 1.00. The third-order valence-corrected chi connectivity index (χ3v) is 4.70. The van der Waals surface area contributed by atoms with E-state index in [-0.39, 0.29) is 0 Å². The summed E-state index contributed by atoms with van der Waals surface area (Å²) in [5, 5.41) is 10.0. The van der Waals surface area contributed by atoms with Crippen molar-refractivity contribution in [1.29, 1.82) is 0 Å². The topological polar surface area (TPSA) is 52.0 Å². The third-order valence-electron chi connectivity index (χ3n) is 3.37. The largest absolute Gasteiger partial charge is 0.460 e. The Morgan fingerprint density at radius 1 is 0.536 bits per heavy atom. The number of hydrogen-bond acceptors (Lipinski definition) is 2. The molecule has 0 aliphatic rings. The molecule has 0 saturated heterocycles. The summed E-state index contributed by atoms with van der Waals surface area (Å²) in [6.45, 7) is 0.812. The zero-order valence-corrected chi connectivity index (χ0v) is 14.2. The van der Waals surface area contributed by atoms with Crippen LogP contribution in [0.25, 0.3) is 0 Å². The van der Waals surface area contributed by atoms with E-state index in [2.05, 4.69) is 0 Å². The van der Waals surface area contributed by atoms with Crippen LogP contribution in [-0.4, -0.2) is 50.1 Å². The van der Waals surface area contributed by atoms with Gasteiger partial charge in [0.1, 0.15) is 0 Å². The SMILES string of the molecule is C[Si](N)(N)CCC(F)(F)C(F)(F)C(F)(F)C(F)(F)C(F)(F)C(F)(F)C(F)(F)F. The van der Waals surface area contributed by atoms with Crippen molar-refractivity contribution in [2.75, 3.05) is 0 Å². The van der Waals surface area contributed by atoms with Crippen LogP contribution in [0.15, 0.2) is 0 Å². The summed E-state index contributed by atoms with van der Waals surface area (Å²) in [5.74, 6) is -46.3. The van der Waals surface area contributed by atoms with Gasteiger partial charge in [-0.15, -0.1) is 0 Å². The molecule has 0 aliphatic heterocycles. The van der Waals surface area contributed by atoms with Crippen molar-refractivity contribution in [3.8, 4) is 0 Å². The number of alkyl halides is 15. The number of halogens is 15. The lowest BCUT2D eigenvalue weighted by atomic mass is 9.90. The molecule has 0 aromatic rings. The first kappa shape index (κ1) is 27.1. The fourth-order valence-electron chi connectivity index (χ4n) is 1.58. The van der Waals surface area contributed by atoms with Crippen LogP contribution < -0.4 is 10.8 Å². The molecule has 18 heteroatoms. The van der Waals surface area contributed by atoms with Crippen LogP contribution in [0.3, 0.4) is 0 Å². The van der Waals surface area contributed by atoms with E-state index in [4.69, 9.17) is 10.8 Å². The molecule has 0 bridgehead atoms. The van der Waals surface area contributed by atoms with E-state index in [1.807, 2.05) is 0 Å². The van der Waals surface area contributed by atoms with E-state index in [1.165, 1.54) is 0 Å². The summed E-state index contributed by atoms with van der Waals surface area (Å²) >= 11 is 0. The Morgan fingerprint density at radius 2 is 0.821 bits per heavy atom. The summed E-state index contributed by atoms with van der Waals surface area (Å²) in [6, 6.07) is -1.35. The molecule has 0 saturated carbocycles. The lowest BCUT2D eigenvalue weighted by molar-refractivity contribution is -0.452. The standard InChI is InChI=1S/C10H11F15N2Si/c1-28(26,27)3-2-4(11,12)5(13,14)6(15,16)7(17,18)8(19,20)9(21,22)10(23,24)25/h2-3,26-27H2,1H3. The number of hydrogen-bond donors (Lipinski definition) is 2. The molecule has 0 aliphatic carbocycles. The van der Waals surface area contributed by atoms with Crippen molar-refractivity contribution in [2.45, 2.75) is 60.7 Å². The smallest absolute Gasteiger partial charge is 0.339 e. The molecular weight excluding hydrogens is 461 g/mol. The predicted octanol–water partition coefficient (Wildman–Crippen LogP) is 4.74. The van der Waals surface area contributed by atoms with Crippen LogP contribution in [0.4, 0.5) is 65.9 Å². The minimum absolute atomic E-state index is 0.812.